The lowest BCUT2D eigenvalue weighted by molar-refractivity contribution is 0.0697. The Balaban J connectivity index is 2.29. The van der Waals surface area contributed by atoms with Gasteiger partial charge in [-0.05, 0) is 45.2 Å². The van der Waals surface area contributed by atoms with Gasteiger partial charge in [-0.1, -0.05) is 12.1 Å². The van der Waals surface area contributed by atoms with Gasteiger partial charge in [0.2, 0.25) is 0 Å². The van der Waals surface area contributed by atoms with Crippen LogP contribution in [0.4, 0.5) is 10.5 Å². The summed E-state index contributed by atoms with van der Waals surface area (Å²) in [6, 6.07) is 6.82. The van der Waals surface area contributed by atoms with E-state index in [0.717, 1.165) is 19.3 Å². The van der Waals surface area contributed by atoms with Crippen LogP contribution < -0.4 is 4.90 Å². The monoisotopic (exact) mass is 290 g/mol. The van der Waals surface area contributed by atoms with Gasteiger partial charge in [-0.3, -0.25) is 4.90 Å². The van der Waals surface area contributed by atoms with Crippen molar-refractivity contribution >= 4 is 17.7 Å². The molecule has 1 aliphatic heterocycles. The molecular formula is C16H22N2O3. The fourth-order valence-electron chi connectivity index (χ4n) is 3.02. The van der Waals surface area contributed by atoms with Crippen molar-refractivity contribution in [1.29, 1.82) is 0 Å². The van der Waals surface area contributed by atoms with Crippen LogP contribution in [-0.4, -0.2) is 41.1 Å². The van der Waals surface area contributed by atoms with Crippen molar-refractivity contribution in [3.8, 4) is 0 Å². The molecule has 2 rings (SSSR count). The van der Waals surface area contributed by atoms with Crippen LogP contribution in [0.3, 0.4) is 0 Å². The van der Waals surface area contributed by atoms with E-state index in [1.54, 1.807) is 25.2 Å². The van der Waals surface area contributed by atoms with Crippen LogP contribution >= 0.6 is 0 Å². The molecule has 1 fully saturated rings. The molecule has 0 bridgehead atoms. The number of carbonyl (C=O) groups is 2. The number of benzene rings is 1. The highest BCUT2D eigenvalue weighted by atomic mass is 16.4. The molecule has 2 atom stereocenters. The maximum atomic E-state index is 12.8. The number of urea groups is 1. The molecule has 0 spiro atoms. The molecule has 0 aliphatic carbocycles. The smallest absolute Gasteiger partial charge is 0.337 e. The second kappa shape index (κ2) is 6.16. The van der Waals surface area contributed by atoms with Crippen molar-refractivity contribution < 1.29 is 14.7 Å². The third kappa shape index (κ3) is 3.01. The molecule has 21 heavy (non-hydrogen) atoms. The van der Waals surface area contributed by atoms with Gasteiger partial charge in [0.05, 0.1) is 11.3 Å². The average Bonchev–Trinajstić information content (AvgIpc) is 2.46. The first kappa shape index (κ1) is 15.4. The van der Waals surface area contributed by atoms with Gasteiger partial charge in [-0.2, -0.15) is 0 Å². The van der Waals surface area contributed by atoms with Gasteiger partial charge >= 0.3 is 12.0 Å². The summed E-state index contributed by atoms with van der Waals surface area (Å²) < 4.78 is 0. The summed E-state index contributed by atoms with van der Waals surface area (Å²) in [4.78, 5) is 27.4. The Labute approximate surface area is 125 Å². The second-order valence-electron chi connectivity index (χ2n) is 5.70. The number of nitrogens with zero attached hydrogens (tertiary/aromatic N) is 2. The minimum absolute atomic E-state index is 0.136. The number of carbonyl (C=O) groups excluding carboxylic acids is 1. The molecule has 1 aromatic rings. The maximum absolute atomic E-state index is 12.8. The Kier molecular flexibility index (Phi) is 4.50. The van der Waals surface area contributed by atoms with Crippen LogP contribution in [0, 0.1) is 0 Å². The second-order valence-corrected chi connectivity index (χ2v) is 5.70. The van der Waals surface area contributed by atoms with Gasteiger partial charge in [0.15, 0.2) is 0 Å². The molecule has 1 aromatic carbocycles. The minimum atomic E-state index is -1.02. The molecule has 5 nitrogen and oxygen atoms in total. The highest BCUT2D eigenvalue weighted by molar-refractivity contribution is 6.01. The van der Waals surface area contributed by atoms with Crippen LogP contribution in [0.5, 0.6) is 0 Å². The van der Waals surface area contributed by atoms with E-state index in [-0.39, 0.29) is 23.7 Å². The number of hydrogen-bond acceptors (Lipinski definition) is 2. The molecule has 0 aromatic heterocycles. The van der Waals surface area contributed by atoms with E-state index in [1.165, 1.54) is 11.0 Å². The van der Waals surface area contributed by atoms with Crippen LogP contribution in [0.1, 0.15) is 43.5 Å². The van der Waals surface area contributed by atoms with E-state index in [0.29, 0.717) is 5.69 Å². The van der Waals surface area contributed by atoms with Crippen molar-refractivity contribution in [3.05, 3.63) is 29.8 Å². The predicted octanol–water partition coefficient (Wildman–Crippen LogP) is 3.20. The number of hydrogen-bond donors (Lipinski definition) is 1. The van der Waals surface area contributed by atoms with Gasteiger partial charge in [0.25, 0.3) is 0 Å². The Hall–Kier alpha value is -2.04. The number of anilines is 1. The summed E-state index contributed by atoms with van der Waals surface area (Å²) in [5, 5.41) is 9.26. The molecule has 114 valence electrons. The Morgan fingerprint density at radius 1 is 1.19 bits per heavy atom. The zero-order chi connectivity index (χ0) is 15.6. The highest BCUT2D eigenvalue weighted by Crippen LogP contribution is 2.26. The van der Waals surface area contributed by atoms with Crippen molar-refractivity contribution in [1.82, 2.24) is 4.90 Å². The van der Waals surface area contributed by atoms with E-state index in [9.17, 15) is 14.7 Å². The van der Waals surface area contributed by atoms with Gasteiger partial charge in [-0.25, -0.2) is 9.59 Å². The molecule has 0 saturated carbocycles. The summed E-state index contributed by atoms with van der Waals surface area (Å²) in [7, 11) is 1.64. The molecule has 5 heteroatoms. The molecule has 1 heterocycles. The number of amides is 2. The topological polar surface area (TPSA) is 60.9 Å². The highest BCUT2D eigenvalue weighted by Gasteiger charge is 2.32. The van der Waals surface area contributed by atoms with Gasteiger partial charge < -0.3 is 10.0 Å². The fraction of sp³-hybridized carbons (Fsp3) is 0.500. The quantitative estimate of drug-likeness (QED) is 0.909. The third-order valence-electron chi connectivity index (χ3n) is 4.20. The zero-order valence-corrected chi connectivity index (χ0v) is 12.7. The summed E-state index contributed by atoms with van der Waals surface area (Å²) in [5.74, 6) is -1.02. The normalized spacial score (nSPS) is 22.0. The molecular weight excluding hydrogens is 268 g/mol. The number of rotatable bonds is 2. The first-order valence-electron chi connectivity index (χ1n) is 7.31. The standard InChI is InChI=1S/C16H22N2O3/c1-11-7-6-8-12(2)18(11)16(21)17(3)14-10-5-4-9-13(14)15(19)20/h4-5,9-12H,6-8H2,1-3H3,(H,19,20). The lowest BCUT2D eigenvalue weighted by Gasteiger charge is -2.41. The number of carboxylic acids is 1. The Morgan fingerprint density at radius 2 is 1.76 bits per heavy atom. The number of para-hydroxylation sites is 1. The van der Waals surface area contributed by atoms with Gasteiger partial charge in [0, 0.05) is 19.1 Å². The SMILES string of the molecule is CC1CCCC(C)N1C(=O)N(C)c1ccccc1C(=O)O. The molecule has 1 N–H and O–H groups in total. The summed E-state index contributed by atoms with van der Waals surface area (Å²) in [5.41, 5.74) is 0.575. The minimum Gasteiger partial charge on any atom is -0.478 e. The first-order valence-corrected chi connectivity index (χ1v) is 7.31. The van der Waals surface area contributed by atoms with Crippen LogP contribution in [0.15, 0.2) is 24.3 Å². The Morgan fingerprint density at radius 3 is 2.33 bits per heavy atom. The van der Waals surface area contributed by atoms with E-state index in [4.69, 9.17) is 0 Å². The van der Waals surface area contributed by atoms with Crippen molar-refractivity contribution in [2.75, 3.05) is 11.9 Å². The summed E-state index contributed by atoms with van der Waals surface area (Å²) >= 11 is 0. The van der Waals surface area contributed by atoms with Crippen LogP contribution in [0.2, 0.25) is 0 Å². The van der Waals surface area contributed by atoms with Gasteiger partial charge in [0.1, 0.15) is 0 Å². The molecule has 1 saturated heterocycles. The van der Waals surface area contributed by atoms with E-state index >= 15 is 0 Å². The maximum Gasteiger partial charge on any atom is 0.337 e. The van der Waals surface area contributed by atoms with E-state index in [1.807, 2.05) is 18.7 Å². The molecule has 0 radical (unpaired) electrons. The van der Waals surface area contributed by atoms with E-state index in [2.05, 4.69) is 0 Å². The van der Waals surface area contributed by atoms with Crippen LogP contribution in [-0.2, 0) is 0 Å². The lowest BCUT2D eigenvalue weighted by atomic mass is 9.98. The zero-order valence-electron chi connectivity index (χ0n) is 12.7. The van der Waals surface area contributed by atoms with E-state index < -0.39 is 5.97 Å². The van der Waals surface area contributed by atoms with Crippen LogP contribution in [0.25, 0.3) is 0 Å². The molecule has 2 amide bonds. The van der Waals surface area contributed by atoms with Crippen molar-refractivity contribution in [3.63, 3.8) is 0 Å². The number of piperidine rings is 1. The number of likely N-dealkylation sites (tertiary alicyclic amines) is 1. The number of aromatic carboxylic acids is 1. The van der Waals surface area contributed by atoms with Crippen molar-refractivity contribution in [2.24, 2.45) is 0 Å². The predicted molar refractivity (Wildman–Crippen MR) is 81.8 cm³/mol. The third-order valence-corrected chi connectivity index (χ3v) is 4.20. The van der Waals surface area contributed by atoms with Gasteiger partial charge in [-0.15, -0.1) is 0 Å². The summed E-state index contributed by atoms with van der Waals surface area (Å²) in [6.07, 6.45) is 3.11. The lowest BCUT2D eigenvalue weighted by Crippen LogP contribution is -2.52. The Bertz CT molecular complexity index is 534. The van der Waals surface area contributed by atoms with Crippen molar-refractivity contribution in [2.45, 2.75) is 45.2 Å². The number of carboxylic acid groups (broad SMARTS) is 1. The molecule has 1 aliphatic rings. The summed E-state index contributed by atoms with van der Waals surface area (Å²) in [6.45, 7) is 4.09. The first-order chi connectivity index (χ1) is 9.93. The average molecular weight is 290 g/mol. The fourth-order valence-corrected chi connectivity index (χ4v) is 3.02. The largest absolute Gasteiger partial charge is 0.478 e. The molecule has 2 unspecified atom stereocenters.